The number of aryl methyl sites for hydroxylation is 1. The molecule has 1 N–H and O–H groups in total. The molecule has 0 radical (unpaired) electrons. The summed E-state index contributed by atoms with van der Waals surface area (Å²) in [4.78, 5) is 20.0. The molecule has 172 valence electrons. The highest BCUT2D eigenvalue weighted by atomic mass is 16.5. The Morgan fingerprint density at radius 2 is 2.03 bits per heavy atom. The van der Waals surface area contributed by atoms with Gasteiger partial charge in [0.2, 0.25) is 0 Å². The Bertz CT molecular complexity index is 1110. The van der Waals surface area contributed by atoms with Gasteiger partial charge in [-0.1, -0.05) is 24.3 Å². The molecule has 0 saturated carbocycles. The average molecular weight is 445 g/mol. The molecule has 1 saturated heterocycles. The summed E-state index contributed by atoms with van der Waals surface area (Å²) in [5, 5.41) is 7.51. The van der Waals surface area contributed by atoms with Crippen molar-refractivity contribution in [3.05, 3.63) is 76.4 Å². The van der Waals surface area contributed by atoms with Crippen LogP contribution in [-0.4, -0.2) is 45.7 Å². The average Bonchev–Trinajstić information content (AvgIpc) is 3.30. The highest BCUT2D eigenvalue weighted by Crippen LogP contribution is 2.29. The molecule has 2 aliphatic rings. The molecule has 1 aliphatic heterocycles. The molecule has 1 aliphatic carbocycles. The maximum absolute atomic E-state index is 13.3. The number of nitrogens with one attached hydrogen (secondary N) is 1. The van der Waals surface area contributed by atoms with Crippen molar-refractivity contribution < 1.29 is 9.53 Å². The van der Waals surface area contributed by atoms with Crippen LogP contribution >= 0.6 is 0 Å². The Morgan fingerprint density at radius 1 is 1.15 bits per heavy atom. The lowest BCUT2D eigenvalue weighted by Gasteiger charge is -2.32. The number of piperidine rings is 1. The van der Waals surface area contributed by atoms with Crippen LogP contribution < -0.4 is 4.74 Å². The molecular formula is C27H32N4O2. The van der Waals surface area contributed by atoms with Crippen molar-refractivity contribution in [2.24, 2.45) is 0 Å². The number of H-pyrrole nitrogens is 1. The van der Waals surface area contributed by atoms with E-state index in [0.717, 1.165) is 73.3 Å². The summed E-state index contributed by atoms with van der Waals surface area (Å²) in [6.45, 7) is 4.17. The van der Waals surface area contributed by atoms with Crippen molar-refractivity contribution in [3.63, 3.8) is 0 Å². The summed E-state index contributed by atoms with van der Waals surface area (Å²) in [5.41, 5.74) is 6.34. The van der Waals surface area contributed by atoms with Crippen LogP contribution in [0.1, 0.15) is 77.1 Å². The van der Waals surface area contributed by atoms with Gasteiger partial charge in [0.1, 0.15) is 5.75 Å². The number of benzene rings is 1. The van der Waals surface area contributed by atoms with Crippen LogP contribution in [0.2, 0.25) is 0 Å². The van der Waals surface area contributed by atoms with Crippen molar-refractivity contribution >= 4 is 5.91 Å². The van der Waals surface area contributed by atoms with Crippen molar-refractivity contribution in [1.29, 1.82) is 0 Å². The predicted octanol–water partition coefficient (Wildman–Crippen LogP) is 4.69. The van der Waals surface area contributed by atoms with Gasteiger partial charge in [0, 0.05) is 48.6 Å². The lowest BCUT2D eigenvalue weighted by Crippen LogP contribution is -2.40. The first-order valence-corrected chi connectivity index (χ1v) is 12.2. The summed E-state index contributed by atoms with van der Waals surface area (Å²) in [7, 11) is 0. The fourth-order valence-corrected chi connectivity index (χ4v) is 5.16. The number of fused-ring (bicyclic) bond motifs is 1. The lowest BCUT2D eigenvalue weighted by atomic mass is 9.92. The molecule has 3 heterocycles. The van der Waals surface area contributed by atoms with Crippen LogP contribution in [0, 0.1) is 0 Å². The van der Waals surface area contributed by atoms with Gasteiger partial charge < -0.3 is 9.64 Å². The number of para-hydroxylation sites is 1. The minimum Gasteiger partial charge on any atom is -0.494 e. The molecule has 33 heavy (non-hydrogen) atoms. The standard InChI is InChI=1S/C27H32N4O2/c1-2-33-25-12-6-3-8-20(25)16-19-13-14-23(28-17-19)21-9-7-15-31(18-21)27(32)26-22-10-4-5-11-24(22)29-30-26/h3,6,8,12-14,17,21H,2,4-5,7,9-11,15-16,18H2,1H3,(H,29,30)/t21-/m0/s1. The molecule has 0 unspecified atom stereocenters. The second kappa shape index (κ2) is 9.77. The first-order valence-electron chi connectivity index (χ1n) is 12.2. The van der Waals surface area contributed by atoms with E-state index in [9.17, 15) is 4.79 Å². The molecule has 1 amide bonds. The number of hydrogen-bond acceptors (Lipinski definition) is 4. The van der Waals surface area contributed by atoms with E-state index in [1.165, 1.54) is 12.0 Å². The minimum absolute atomic E-state index is 0.0725. The fourth-order valence-electron chi connectivity index (χ4n) is 5.16. The first kappa shape index (κ1) is 21.7. The molecule has 2 aromatic heterocycles. The summed E-state index contributed by atoms with van der Waals surface area (Å²) < 4.78 is 5.76. The van der Waals surface area contributed by atoms with E-state index < -0.39 is 0 Å². The van der Waals surface area contributed by atoms with Gasteiger partial charge in [-0.25, -0.2) is 0 Å². The van der Waals surface area contributed by atoms with Gasteiger partial charge in [0.15, 0.2) is 5.69 Å². The van der Waals surface area contributed by atoms with Crippen LogP contribution in [0.4, 0.5) is 0 Å². The molecule has 6 nitrogen and oxygen atoms in total. The largest absolute Gasteiger partial charge is 0.494 e. The van der Waals surface area contributed by atoms with Crippen LogP contribution in [0.15, 0.2) is 42.6 Å². The molecule has 1 atom stereocenters. The van der Waals surface area contributed by atoms with Gasteiger partial charge in [-0.2, -0.15) is 5.10 Å². The highest BCUT2D eigenvalue weighted by molar-refractivity contribution is 5.94. The normalized spacial score (nSPS) is 18.1. The second-order valence-electron chi connectivity index (χ2n) is 9.14. The van der Waals surface area contributed by atoms with E-state index >= 15 is 0 Å². The third kappa shape index (κ3) is 4.65. The van der Waals surface area contributed by atoms with E-state index in [1.54, 1.807) is 0 Å². The summed E-state index contributed by atoms with van der Waals surface area (Å²) in [6, 6.07) is 12.5. The van der Waals surface area contributed by atoms with Crippen LogP contribution in [0.3, 0.4) is 0 Å². The van der Waals surface area contributed by atoms with E-state index in [1.807, 2.05) is 36.2 Å². The van der Waals surface area contributed by atoms with E-state index in [4.69, 9.17) is 9.72 Å². The monoisotopic (exact) mass is 444 g/mol. The zero-order valence-corrected chi connectivity index (χ0v) is 19.3. The highest BCUT2D eigenvalue weighted by Gasteiger charge is 2.30. The van der Waals surface area contributed by atoms with Gasteiger partial charge in [-0.05, 0) is 68.7 Å². The maximum atomic E-state index is 13.3. The minimum atomic E-state index is 0.0725. The molecule has 5 rings (SSSR count). The molecule has 0 bridgehead atoms. The zero-order chi connectivity index (χ0) is 22.6. The predicted molar refractivity (Wildman–Crippen MR) is 128 cm³/mol. The quantitative estimate of drug-likeness (QED) is 0.599. The number of carbonyl (C=O) groups excluding carboxylic acids is 1. The van der Waals surface area contributed by atoms with Gasteiger partial charge >= 0.3 is 0 Å². The summed E-state index contributed by atoms with van der Waals surface area (Å²) in [6.07, 6.45) is 9.10. The number of amides is 1. The third-order valence-corrected chi connectivity index (χ3v) is 6.90. The van der Waals surface area contributed by atoms with Crippen LogP contribution in [-0.2, 0) is 19.3 Å². The van der Waals surface area contributed by atoms with Gasteiger partial charge in [0.25, 0.3) is 5.91 Å². The number of aromatic nitrogens is 3. The van der Waals surface area contributed by atoms with E-state index in [2.05, 4.69) is 28.4 Å². The van der Waals surface area contributed by atoms with Crippen molar-refractivity contribution in [1.82, 2.24) is 20.1 Å². The first-order chi connectivity index (χ1) is 16.2. The van der Waals surface area contributed by atoms with Gasteiger partial charge in [-0.15, -0.1) is 0 Å². The fraction of sp³-hybridized carbons (Fsp3) is 0.444. The Kier molecular flexibility index (Phi) is 6.42. The van der Waals surface area contributed by atoms with Crippen molar-refractivity contribution in [2.45, 2.75) is 57.8 Å². The summed E-state index contributed by atoms with van der Waals surface area (Å²) >= 11 is 0. The molecule has 3 aromatic rings. The smallest absolute Gasteiger partial charge is 0.274 e. The van der Waals surface area contributed by atoms with E-state index in [-0.39, 0.29) is 11.8 Å². The Morgan fingerprint density at radius 3 is 2.88 bits per heavy atom. The number of carbonyl (C=O) groups is 1. The molecule has 1 fully saturated rings. The number of hydrogen-bond donors (Lipinski definition) is 1. The Hall–Kier alpha value is -3.15. The topological polar surface area (TPSA) is 71.1 Å². The number of nitrogens with zero attached hydrogens (tertiary/aromatic N) is 3. The maximum Gasteiger partial charge on any atom is 0.274 e. The number of aromatic amines is 1. The second-order valence-corrected chi connectivity index (χ2v) is 9.14. The lowest BCUT2D eigenvalue weighted by molar-refractivity contribution is 0.0698. The molecule has 1 aromatic carbocycles. The number of ether oxygens (including phenoxy) is 1. The summed E-state index contributed by atoms with van der Waals surface area (Å²) in [5.74, 6) is 1.27. The van der Waals surface area contributed by atoms with Crippen LogP contribution in [0.5, 0.6) is 5.75 Å². The molecular weight excluding hydrogens is 412 g/mol. The number of pyridine rings is 1. The Balaban J connectivity index is 1.26. The Labute approximate surface area is 195 Å². The third-order valence-electron chi connectivity index (χ3n) is 6.90. The van der Waals surface area contributed by atoms with Gasteiger partial charge in [-0.3, -0.25) is 14.9 Å². The van der Waals surface area contributed by atoms with E-state index in [0.29, 0.717) is 18.8 Å². The van der Waals surface area contributed by atoms with Gasteiger partial charge in [0.05, 0.1) is 6.61 Å². The number of likely N-dealkylation sites (tertiary alicyclic amines) is 1. The van der Waals surface area contributed by atoms with Crippen molar-refractivity contribution in [3.8, 4) is 5.75 Å². The van der Waals surface area contributed by atoms with Crippen molar-refractivity contribution in [2.75, 3.05) is 19.7 Å². The molecule has 0 spiro atoms. The molecule has 6 heteroatoms. The SMILES string of the molecule is CCOc1ccccc1Cc1ccc([C@H]2CCCN(C(=O)c3n[nH]c4c3CCCC4)C2)nc1. The van der Waals surface area contributed by atoms with Crippen LogP contribution in [0.25, 0.3) is 0 Å². The number of rotatable bonds is 6. The zero-order valence-electron chi connectivity index (χ0n) is 19.3.